The number of aromatic amines is 2. The lowest BCUT2D eigenvalue weighted by Crippen LogP contribution is -2.32. The molecule has 2 aromatic carbocycles. The van der Waals surface area contributed by atoms with Gasteiger partial charge in [-0.15, -0.1) is 0 Å². The Balaban J connectivity index is 1.43. The monoisotopic (exact) mass is 386 g/mol. The van der Waals surface area contributed by atoms with E-state index in [9.17, 15) is 4.79 Å². The summed E-state index contributed by atoms with van der Waals surface area (Å²) < 4.78 is 5.32. The quantitative estimate of drug-likeness (QED) is 0.517. The number of hydrogen-bond donors (Lipinski definition) is 2. The molecule has 2 N–H and O–H groups in total. The minimum Gasteiger partial charge on any atom is -0.497 e. The average molecular weight is 386 g/mol. The van der Waals surface area contributed by atoms with Crippen LogP contribution in [-0.2, 0) is 6.54 Å². The van der Waals surface area contributed by atoms with Crippen molar-refractivity contribution >= 4 is 16.8 Å². The van der Waals surface area contributed by atoms with Crippen molar-refractivity contribution in [2.24, 2.45) is 0 Å². The Morgan fingerprint density at radius 3 is 2.83 bits per heavy atom. The zero-order chi connectivity index (χ0) is 19.8. The first-order chi connectivity index (χ1) is 14.2. The predicted octanol–water partition coefficient (Wildman–Crippen LogP) is 4.37. The van der Waals surface area contributed by atoms with Gasteiger partial charge in [0.2, 0.25) is 0 Å². The zero-order valence-electron chi connectivity index (χ0n) is 16.2. The van der Waals surface area contributed by atoms with Crippen LogP contribution in [0.3, 0.4) is 0 Å². The van der Waals surface area contributed by atoms with E-state index >= 15 is 0 Å². The van der Waals surface area contributed by atoms with Gasteiger partial charge in [0, 0.05) is 35.2 Å². The normalized spacial score (nSPS) is 13.6. The molecule has 6 nitrogen and oxygen atoms in total. The summed E-state index contributed by atoms with van der Waals surface area (Å²) in [4.78, 5) is 18.6. The second-order valence-electron chi connectivity index (χ2n) is 7.49. The molecular formula is C23H22N4O2. The highest BCUT2D eigenvalue weighted by Crippen LogP contribution is 2.31. The molecule has 1 aliphatic rings. The number of aromatic nitrogens is 3. The Hall–Kier alpha value is -3.54. The molecule has 1 amide bonds. The summed E-state index contributed by atoms with van der Waals surface area (Å²) in [6.45, 7) is 0.580. The largest absolute Gasteiger partial charge is 0.497 e. The maximum atomic E-state index is 13.3. The molecule has 4 aromatic rings. The summed E-state index contributed by atoms with van der Waals surface area (Å²) in [7, 11) is 1.66. The summed E-state index contributed by atoms with van der Waals surface area (Å²) in [5.74, 6) is 0.847. The number of methoxy groups -OCH3 is 1. The van der Waals surface area contributed by atoms with Gasteiger partial charge in [0.15, 0.2) is 0 Å². The first kappa shape index (κ1) is 17.6. The minimum absolute atomic E-state index is 0.0383. The van der Waals surface area contributed by atoms with E-state index in [1.165, 1.54) is 0 Å². The number of nitrogens with one attached hydrogen (secondary N) is 2. The number of ether oxygens (including phenoxy) is 1. The Bertz CT molecular complexity index is 1160. The van der Waals surface area contributed by atoms with Crippen molar-refractivity contribution in [1.82, 2.24) is 20.1 Å². The lowest BCUT2D eigenvalue weighted by Gasteiger charge is -2.22. The summed E-state index contributed by atoms with van der Waals surface area (Å²) in [5, 5.41) is 7.87. The number of rotatable bonds is 6. The molecule has 0 unspecified atom stereocenters. The summed E-state index contributed by atoms with van der Waals surface area (Å²) >= 11 is 0. The third kappa shape index (κ3) is 3.49. The first-order valence-corrected chi connectivity index (χ1v) is 9.77. The van der Waals surface area contributed by atoms with Gasteiger partial charge >= 0.3 is 0 Å². The third-order valence-corrected chi connectivity index (χ3v) is 5.42. The van der Waals surface area contributed by atoms with Crippen LogP contribution < -0.4 is 4.74 Å². The van der Waals surface area contributed by atoms with E-state index in [0.29, 0.717) is 18.3 Å². The van der Waals surface area contributed by atoms with Gasteiger partial charge in [-0.25, -0.2) is 0 Å². The molecule has 6 heteroatoms. The van der Waals surface area contributed by atoms with Crippen molar-refractivity contribution in [3.8, 4) is 16.9 Å². The second-order valence-corrected chi connectivity index (χ2v) is 7.49. The fourth-order valence-corrected chi connectivity index (χ4v) is 3.71. The van der Waals surface area contributed by atoms with Gasteiger partial charge < -0.3 is 14.6 Å². The van der Waals surface area contributed by atoms with E-state index in [1.807, 2.05) is 53.6 Å². The first-order valence-electron chi connectivity index (χ1n) is 9.77. The van der Waals surface area contributed by atoms with Crippen LogP contribution in [0.25, 0.3) is 22.0 Å². The summed E-state index contributed by atoms with van der Waals surface area (Å²) in [6, 6.07) is 16.3. The van der Waals surface area contributed by atoms with Gasteiger partial charge in [0.25, 0.3) is 5.91 Å². The van der Waals surface area contributed by atoms with E-state index in [1.54, 1.807) is 13.3 Å². The lowest BCUT2D eigenvalue weighted by atomic mass is 10.1. The van der Waals surface area contributed by atoms with Crippen LogP contribution in [0, 0.1) is 0 Å². The molecule has 2 heterocycles. The van der Waals surface area contributed by atoms with Crippen molar-refractivity contribution in [1.29, 1.82) is 0 Å². The number of nitrogens with zero attached hydrogens (tertiary/aromatic N) is 2. The van der Waals surface area contributed by atoms with Gasteiger partial charge in [0.05, 0.1) is 13.3 Å². The standard InChI is InChI=1S/C23H22N4O2/c1-29-20-4-2-3-15(9-20)14-27(19-7-8-19)23(28)22-11-17-6-5-16(10-21(17)26-22)18-12-24-25-13-18/h2-6,9-13,19,26H,7-8,14H2,1H3,(H,24,25). The maximum absolute atomic E-state index is 13.3. The molecule has 2 aromatic heterocycles. The Kier molecular flexibility index (Phi) is 4.31. The summed E-state index contributed by atoms with van der Waals surface area (Å²) in [6.07, 6.45) is 5.76. The fraction of sp³-hybridized carbons (Fsp3) is 0.217. The van der Waals surface area contributed by atoms with Crippen LogP contribution >= 0.6 is 0 Å². The van der Waals surface area contributed by atoms with Crippen LogP contribution in [0.2, 0.25) is 0 Å². The van der Waals surface area contributed by atoms with Gasteiger partial charge in [-0.3, -0.25) is 9.89 Å². The molecule has 0 aliphatic heterocycles. The van der Waals surface area contributed by atoms with Crippen molar-refractivity contribution in [2.45, 2.75) is 25.4 Å². The van der Waals surface area contributed by atoms with Crippen LogP contribution in [0.4, 0.5) is 0 Å². The number of carbonyl (C=O) groups excluding carboxylic acids is 1. The smallest absolute Gasteiger partial charge is 0.270 e. The SMILES string of the molecule is COc1cccc(CN(C(=O)c2cc3ccc(-c4cn[nH]c4)cc3[nH]2)C2CC2)c1. The molecule has 0 atom stereocenters. The number of benzene rings is 2. The lowest BCUT2D eigenvalue weighted by molar-refractivity contribution is 0.0725. The predicted molar refractivity (Wildman–Crippen MR) is 112 cm³/mol. The van der Waals surface area contributed by atoms with Gasteiger partial charge in [-0.1, -0.05) is 24.3 Å². The van der Waals surface area contributed by atoms with Crippen molar-refractivity contribution < 1.29 is 9.53 Å². The van der Waals surface area contributed by atoms with Crippen molar-refractivity contribution in [2.75, 3.05) is 7.11 Å². The molecule has 0 spiro atoms. The van der Waals surface area contributed by atoms with Crippen molar-refractivity contribution in [3.63, 3.8) is 0 Å². The molecule has 1 aliphatic carbocycles. The van der Waals surface area contributed by atoms with E-state index in [4.69, 9.17) is 4.74 Å². The van der Waals surface area contributed by atoms with Crippen LogP contribution in [0.5, 0.6) is 5.75 Å². The molecule has 0 bridgehead atoms. The number of fused-ring (bicyclic) bond motifs is 1. The van der Waals surface area contributed by atoms with Crippen LogP contribution in [0.15, 0.2) is 60.9 Å². The molecule has 1 saturated carbocycles. The van der Waals surface area contributed by atoms with Crippen LogP contribution in [0.1, 0.15) is 28.9 Å². The van der Waals surface area contributed by atoms with Crippen molar-refractivity contribution in [3.05, 3.63) is 72.2 Å². The molecule has 0 radical (unpaired) electrons. The van der Waals surface area contributed by atoms with Gasteiger partial charge in [-0.2, -0.15) is 5.10 Å². The van der Waals surface area contributed by atoms with Gasteiger partial charge in [0.1, 0.15) is 11.4 Å². The van der Waals surface area contributed by atoms with E-state index in [2.05, 4.69) is 21.2 Å². The highest BCUT2D eigenvalue weighted by molar-refractivity contribution is 5.99. The molecule has 5 rings (SSSR count). The number of carbonyl (C=O) groups is 1. The molecule has 1 fully saturated rings. The number of hydrogen-bond acceptors (Lipinski definition) is 3. The van der Waals surface area contributed by atoms with E-state index in [-0.39, 0.29) is 5.91 Å². The highest BCUT2D eigenvalue weighted by atomic mass is 16.5. The molecule has 29 heavy (non-hydrogen) atoms. The zero-order valence-corrected chi connectivity index (χ0v) is 16.2. The Morgan fingerprint density at radius 1 is 1.17 bits per heavy atom. The van der Waals surface area contributed by atoms with Gasteiger partial charge in [-0.05, 0) is 48.2 Å². The summed E-state index contributed by atoms with van der Waals surface area (Å²) in [5.41, 5.74) is 4.72. The topological polar surface area (TPSA) is 74.0 Å². The highest BCUT2D eigenvalue weighted by Gasteiger charge is 2.33. The average Bonchev–Trinajstić information content (AvgIpc) is 3.27. The molecular weight excluding hydrogens is 364 g/mol. The second kappa shape index (κ2) is 7.13. The van der Waals surface area contributed by atoms with E-state index in [0.717, 1.165) is 46.2 Å². The number of H-pyrrole nitrogens is 2. The number of amides is 1. The maximum Gasteiger partial charge on any atom is 0.270 e. The Labute approximate surface area is 168 Å². The molecule has 146 valence electrons. The fourth-order valence-electron chi connectivity index (χ4n) is 3.71. The minimum atomic E-state index is 0.0383. The van der Waals surface area contributed by atoms with E-state index < -0.39 is 0 Å². The Morgan fingerprint density at radius 2 is 2.07 bits per heavy atom. The third-order valence-electron chi connectivity index (χ3n) is 5.42. The van der Waals surface area contributed by atoms with Crippen LogP contribution in [-0.4, -0.2) is 39.1 Å². The molecule has 0 saturated heterocycles.